The van der Waals surface area contributed by atoms with Crippen molar-refractivity contribution in [3.63, 3.8) is 0 Å². The van der Waals surface area contributed by atoms with Crippen molar-refractivity contribution < 1.29 is 9.53 Å². The summed E-state index contributed by atoms with van der Waals surface area (Å²) in [5.74, 6) is 1.67. The van der Waals surface area contributed by atoms with E-state index in [-0.39, 0.29) is 11.9 Å². The van der Waals surface area contributed by atoms with Crippen LogP contribution in [-0.2, 0) is 0 Å². The molecule has 1 atom stereocenters. The number of hydrogen-bond acceptors (Lipinski definition) is 5. The fourth-order valence-electron chi connectivity index (χ4n) is 2.31. The lowest BCUT2D eigenvalue weighted by atomic mass is 10.2. The van der Waals surface area contributed by atoms with Gasteiger partial charge in [0.15, 0.2) is 0 Å². The average molecular weight is 362 g/mol. The van der Waals surface area contributed by atoms with E-state index in [1.165, 1.54) is 0 Å². The Balaban J connectivity index is 1.65. The van der Waals surface area contributed by atoms with E-state index in [9.17, 15) is 4.79 Å². The van der Waals surface area contributed by atoms with E-state index in [2.05, 4.69) is 20.6 Å². The lowest BCUT2D eigenvalue weighted by Crippen LogP contribution is -2.32. The van der Waals surface area contributed by atoms with Gasteiger partial charge in [0.2, 0.25) is 5.95 Å². The molecular formula is C21H22N4O2. The third-order valence-electron chi connectivity index (χ3n) is 3.97. The maximum Gasteiger partial charge on any atom is 0.270 e. The van der Waals surface area contributed by atoms with E-state index in [1.54, 1.807) is 12.3 Å². The minimum Gasteiger partial charge on any atom is -0.457 e. The zero-order valence-corrected chi connectivity index (χ0v) is 15.3. The van der Waals surface area contributed by atoms with Gasteiger partial charge in [-0.25, -0.2) is 9.97 Å². The summed E-state index contributed by atoms with van der Waals surface area (Å²) < 4.78 is 5.77. The second-order valence-corrected chi connectivity index (χ2v) is 6.11. The summed E-state index contributed by atoms with van der Waals surface area (Å²) in [6.45, 7) is 3.97. The SMILES string of the molecule is CCC(C)NC(=O)c1ccnc(Nc2ccc(Oc3ccccc3)cc2)n1. The van der Waals surface area contributed by atoms with Crippen molar-refractivity contribution in [1.82, 2.24) is 15.3 Å². The van der Waals surface area contributed by atoms with Gasteiger partial charge in [0.25, 0.3) is 5.91 Å². The molecule has 1 heterocycles. The van der Waals surface area contributed by atoms with Gasteiger partial charge in [-0.2, -0.15) is 0 Å². The number of para-hydroxylation sites is 1. The van der Waals surface area contributed by atoms with Crippen LogP contribution in [0.5, 0.6) is 11.5 Å². The second-order valence-electron chi connectivity index (χ2n) is 6.11. The number of nitrogens with one attached hydrogen (secondary N) is 2. The molecule has 0 aliphatic carbocycles. The van der Waals surface area contributed by atoms with Crippen molar-refractivity contribution in [2.45, 2.75) is 26.3 Å². The Kier molecular flexibility index (Phi) is 5.99. The van der Waals surface area contributed by atoms with Crippen LogP contribution < -0.4 is 15.4 Å². The van der Waals surface area contributed by atoms with Crippen LogP contribution in [0, 0.1) is 0 Å². The van der Waals surface area contributed by atoms with Crippen molar-refractivity contribution in [1.29, 1.82) is 0 Å². The number of hydrogen-bond donors (Lipinski definition) is 2. The lowest BCUT2D eigenvalue weighted by Gasteiger charge is -2.11. The van der Waals surface area contributed by atoms with E-state index in [0.717, 1.165) is 23.6 Å². The lowest BCUT2D eigenvalue weighted by molar-refractivity contribution is 0.0934. The molecule has 0 aliphatic rings. The molecule has 0 aliphatic heterocycles. The van der Waals surface area contributed by atoms with E-state index in [4.69, 9.17) is 4.74 Å². The summed E-state index contributed by atoms with van der Waals surface area (Å²) in [5, 5.41) is 5.99. The van der Waals surface area contributed by atoms with Crippen molar-refractivity contribution in [3.8, 4) is 11.5 Å². The third-order valence-corrected chi connectivity index (χ3v) is 3.97. The normalized spacial score (nSPS) is 11.5. The first-order chi connectivity index (χ1) is 13.1. The van der Waals surface area contributed by atoms with Crippen LogP contribution in [0.3, 0.4) is 0 Å². The molecule has 0 bridgehead atoms. The maximum atomic E-state index is 12.2. The van der Waals surface area contributed by atoms with E-state index >= 15 is 0 Å². The minimum atomic E-state index is -0.207. The van der Waals surface area contributed by atoms with Crippen molar-refractivity contribution in [2.24, 2.45) is 0 Å². The van der Waals surface area contributed by atoms with Gasteiger partial charge in [0.05, 0.1) is 0 Å². The van der Waals surface area contributed by atoms with Crippen LogP contribution in [-0.4, -0.2) is 21.9 Å². The predicted octanol–water partition coefficient (Wildman–Crippen LogP) is 4.54. The number of amides is 1. The van der Waals surface area contributed by atoms with E-state index < -0.39 is 0 Å². The van der Waals surface area contributed by atoms with Gasteiger partial charge in [-0.05, 0) is 55.8 Å². The largest absolute Gasteiger partial charge is 0.457 e. The van der Waals surface area contributed by atoms with Crippen molar-refractivity contribution in [2.75, 3.05) is 5.32 Å². The van der Waals surface area contributed by atoms with Crippen molar-refractivity contribution in [3.05, 3.63) is 72.6 Å². The number of nitrogens with zero attached hydrogens (tertiary/aromatic N) is 2. The maximum absolute atomic E-state index is 12.2. The number of rotatable bonds is 7. The molecule has 0 saturated heterocycles. The van der Waals surface area contributed by atoms with Crippen LogP contribution in [0.2, 0.25) is 0 Å². The summed E-state index contributed by atoms with van der Waals surface area (Å²) in [4.78, 5) is 20.6. The Hall–Kier alpha value is -3.41. The number of carbonyl (C=O) groups is 1. The molecule has 0 fully saturated rings. The quantitative estimate of drug-likeness (QED) is 0.645. The first-order valence-electron chi connectivity index (χ1n) is 8.88. The Morgan fingerprint density at radius 3 is 2.44 bits per heavy atom. The summed E-state index contributed by atoms with van der Waals surface area (Å²) in [6.07, 6.45) is 2.42. The molecule has 3 aromatic rings. The van der Waals surface area contributed by atoms with Gasteiger partial charge in [-0.1, -0.05) is 25.1 Å². The highest BCUT2D eigenvalue weighted by atomic mass is 16.5. The molecule has 138 valence electrons. The fraction of sp³-hybridized carbons (Fsp3) is 0.190. The number of benzene rings is 2. The molecular weight excluding hydrogens is 340 g/mol. The highest BCUT2D eigenvalue weighted by Crippen LogP contribution is 2.23. The van der Waals surface area contributed by atoms with Crippen molar-refractivity contribution >= 4 is 17.5 Å². The highest BCUT2D eigenvalue weighted by molar-refractivity contribution is 5.92. The predicted molar refractivity (Wildman–Crippen MR) is 105 cm³/mol. The highest BCUT2D eigenvalue weighted by Gasteiger charge is 2.11. The third kappa shape index (κ3) is 5.28. The summed E-state index contributed by atoms with van der Waals surface area (Å²) in [7, 11) is 0. The zero-order chi connectivity index (χ0) is 19.1. The molecule has 3 rings (SSSR count). The Morgan fingerprint density at radius 1 is 1.04 bits per heavy atom. The van der Waals surface area contributed by atoms with Crippen LogP contribution in [0.4, 0.5) is 11.6 Å². The van der Waals surface area contributed by atoms with Crippen LogP contribution in [0.15, 0.2) is 66.9 Å². The molecule has 1 unspecified atom stereocenters. The summed E-state index contributed by atoms with van der Waals surface area (Å²) >= 11 is 0. The first-order valence-corrected chi connectivity index (χ1v) is 8.88. The zero-order valence-electron chi connectivity index (χ0n) is 15.3. The topological polar surface area (TPSA) is 76.1 Å². The first kappa shape index (κ1) is 18.4. The van der Waals surface area contributed by atoms with Crippen LogP contribution >= 0.6 is 0 Å². The second kappa shape index (κ2) is 8.80. The molecule has 0 radical (unpaired) electrons. The van der Waals surface area contributed by atoms with Gasteiger partial charge in [0.1, 0.15) is 17.2 Å². The number of ether oxygens (including phenoxy) is 1. The van der Waals surface area contributed by atoms with Gasteiger partial charge < -0.3 is 15.4 Å². The van der Waals surface area contributed by atoms with Gasteiger partial charge in [-0.15, -0.1) is 0 Å². The van der Waals surface area contributed by atoms with Crippen LogP contribution in [0.25, 0.3) is 0 Å². The van der Waals surface area contributed by atoms with Gasteiger partial charge in [0, 0.05) is 17.9 Å². The molecule has 0 saturated carbocycles. The van der Waals surface area contributed by atoms with Crippen LogP contribution in [0.1, 0.15) is 30.8 Å². The molecule has 6 nitrogen and oxygen atoms in total. The molecule has 1 aromatic heterocycles. The summed E-state index contributed by atoms with van der Waals surface area (Å²) in [5.41, 5.74) is 1.13. The molecule has 2 aromatic carbocycles. The van der Waals surface area contributed by atoms with Gasteiger partial charge in [-0.3, -0.25) is 4.79 Å². The molecule has 2 N–H and O–H groups in total. The minimum absolute atomic E-state index is 0.0982. The molecule has 1 amide bonds. The monoisotopic (exact) mass is 362 g/mol. The molecule has 0 spiro atoms. The summed E-state index contributed by atoms with van der Waals surface area (Å²) in [6, 6.07) is 18.7. The number of aromatic nitrogens is 2. The molecule has 6 heteroatoms. The fourth-order valence-corrected chi connectivity index (χ4v) is 2.31. The smallest absolute Gasteiger partial charge is 0.270 e. The molecule has 27 heavy (non-hydrogen) atoms. The average Bonchev–Trinajstić information content (AvgIpc) is 2.70. The van der Waals surface area contributed by atoms with E-state index in [1.807, 2.05) is 68.4 Å². The Bertz CT molecular complexity index is 882. The standard InChI is InChI=1S/C21H22N4O2/c1-3-15(2)23-20(26)19-13-14-22-21(25-19)24-16-9-11-18(12-10-16)27-17-7-5-4-6-8-17/h4-15H,3H2,1-2H3,(H,23,26)(H,22,24,25). The van der Waals surface area contributed by atoms with Gasteiger partial charge >= 0.3 is 0 Å². The Morgan fingerprint density at radius 2 is 1.74 bits per heavy atom. The Labute approximate surface area is 158 Å². The van der Waals surface area contributed by atoms with E-state index in [0.29, 0.717) is 11.6 Å². The number of carbonyl (C=O) groups excluding carboxylic acids is 1. The number of anilines is 2.